The maximum absolute atomic E-state index is 12.1. The quantitative estimate of drug-likeness (QED) is 0.773. The minimum atomic E-state index is -0.443. The minimum Gasteiger partial charge on any atom is -0.489 e. The second-order valence-electron chi connectivity index (χ2n) is 7.15. The first-order valence-electron chi connectivity index (χ1n) is 8.35. The fourth-order valence-corrected chi connectivity index (χ4v) is 2.85. The molecule has 1 atom stereocenters. The van der Waals surface area contributed by atoms with Gasteiger partial charge in [-0.3, -0.25) is 4.90 Å². The Balaban J connectivity index is 1.74. The maximum Gasteiger partial charge on any atom is 0.410 e. The number of halogens is 1. The fourth-order valence-electron chi connectivity index (χ4n) is 2.59. The normalized spacial score (nSPS) is 17.5. The highest BCUT2D eigenvalue weighted by molar-refractivity contribution is 9.10. The molecule has 2 rings (SSSR count). The number of carbonyl (C=O) groups excluding carboxylic acids is 1. The molecule has 1 fully saturated rings. The SMILES string of the molecule is C[C@@H](CN1CCN(C(=O)OC(C)(C)C)CC1)Oc1ccc(Br)cc1. The van der Waals surface area contributed by atoms with E-state index in [0.29, 0.717) is 13.1 Å². The molecular weight excluding hydrogens is 372 g/mol. The van der Waals surface area contributed by atoms with Gasteiger partial charge in [0.1, 0.15) is 17.5 Å². The first-order chi connectivity index (χ1) is 11.2. The van der Waals surface area contributed by atoms with Crippen LogP contribution in [0.15, 0.2) is 28.7 Å². The van der Waals surface area contributed by atoms with Crippen LogP contribution >= 0.6 is 15.9 Å². The Morgan fingerprint density at radius 3 is 2.29 bits per heavy atom. The number of hydrogen-bond donors (Lipinski definition) is 0. The maximum atomic E-state index is 12.1. The highest BCUT2D eigenvalue weighted by atomic mass is 79.9. The van der Waals surface area contributed by atoms with Gasteiger partial charge in [-0.25, -0.2) is 4.79 Å². The number of rotatable bonds is 4. The van der Waals surface area contributed by atoms with Gasteiger partial charge in [-0.15, -0.1) is 0 Å². The number of carbonyl (C=O) groups is 1. The van der Waals surface area contributed by atoms with Crippen LogP contribution in [0.2, 0.25) is 0 Å². The van der Waals surface area contributed by atoms with Crippen LogP contribution in [-0.2, 0) is 4.74 Å². The lowest BCUT2D eigenvalue weighted by Gasteiger charge is -2.36. The van der Waals surface area contributed by atoms with E-state index in [4.69, 9.17) is 9.47 Å². The van der Waals surface area contributed by atoms with E-state index < -0.39 is 5.60 Å². The lowest BCUT2D eigenvalue weighted by molar-refractivity contribution is 0.0118. The molecule has 24 heavy (non-hydrogen) atoms. The Kier molecular flexibility index (Phi) is 6.52. The molecule has 5 nitrogen and oxygen atoms in total. The van der Waals surface area contributed by atoms with Gasteiger partial charge >= 0.3 is 6.09 Å². The van der Waals surface area contributed by atoms with Gasteiger partial charge in [-0.05, 0) is 52.0 Å². The van der Waals surface area contributed by atoms with Gasteiger partial charge in [0.15, 0.2) is 0 Å². The summed E-state index contributed by atoms with van der Waals surface area (Å²) in [4.78, 5) is 16.2. The van der Waals surface area contributed by atoms with Crippen LogP contribution in [0, 0.1) is 0 Å². The van der Waals surface area contributed by atoms with Crippen molar-refractivity contribution in [3.8, 4) is 5.75 Å². The van der Waals surface area contributed by atoms with Crippen molar-refractivity contribution in [1.29, 1.82) is 0 Å². The van der Waals surface area contributed by atoms with E-state index in [1.165, 1.54) is 0 Å². The molecule has 0 unspecified atom stereocenters. The van der Waals surface area contributed by atoms with Gasteiger partial charge in [-0.1, -0.05) is 15.9 Å². The van der Waals surface area contributed by atoms with Crippen LogP contribution in [0.1, 0.15) is 27.7 Å². The number of nitrogens with zero attached hydrogens (tertiary/aromatic N) is 2. The Labute approximate surface area is 153 Å². The molecule has 6 heteroatoms. The highest BCUT2D eigenvalue weighted by Crippen LogP contribution is 2.18. The van der Waals surface area contributed by atoms with Crippen molar-refractivity contribution in [1.82, 2.24) is 9.80 Å². The molecule has 134 valence electrons. The molecule has 0 aromatic heterocycles. The first-order valence-corrected chi connectivity index (χ1v) is 9.15. The molecule has 0 saturated carbocycles. The second-order valence-corrected chi connectivity index (χ2v) is 8.07. The van der Waals surface area contributed by atoms with Crippen molar-refractivity contribution < 1.29 is 14.3 Å². The van der Waals surface area contributed by atoms with E-state index in [0.717, 1.165) is 29.9 Å². The van der Waals surface area contributed by atoms with Crippen molar-refractivity contribution in [2.75, 3.05) is 32.7 Å². The van der Waals surface area contributed by atoms with Crippen LogP contribution < -0.4 is 4.74 Å². The summed E-state index contributed by atoms with van der Waals surface area (Å²) in [5.74, 6) is 0.873. The number of hydrogen-bond acceptors (Lipinski definition) is 4. The van der Waals surface area contributed by atoms with Crippen LogP contribution in [0.25, 0.3) is 0 Å². The van der Waals surface area contributed by atoms with E-state index in [2.05, 4.69) is 27.8 Å². The summed E-state index contributed by atoms with van der Waals surface area (Å²) < 4.78 is 12.4. The number of amides is 1. The third-order valence-corrected chi connectivity index (χ3v) is 4.22. The van der Waals surface area contributed by atoms with Crippen molar-refractivity contribution in [3.63, 3.8) is 0 Å². The van der Waals surface area contributed by atoms with Gasteiger partial charge in [-0.2, -0.15) is 0 Å². The monoisotopic (exact) mass is 398 g/mol. The van der Waals surface area contributed by atoms with Gasteiger partial charge in [0.05, 0.1) is 0 Å². The molecule has 0 spiro atoms. The standard InChI is InChI=1S/C18H27BrN2O3/c1-14(23-16-7-5-15(19)6-8-16)13-20-9-11-21(12-10-20)17(22)24-18(2,3)4/h5-8,14H,9-13H2,1-4H3/t14-/m0/s1. The Hall–Kier alpha value is -1.27. The van der Waals surface area contributed by atoms with Crippen LogP contribution in [0.3, 0.4) is 0 Å². The summed E-state index contributed by atoms with van der Waals surface area (Å²) >= 11 is 3.42. The van der Waals surface area contributed by atoms with Crippen LogP contribution in [0.4, 0.5) is 4.79 Å². The molecule has 1 amide bonds. The van der Waals surface area contributed by atoms with E-state index in [1.54, 1.807) is 4.90 Å². The summed E-state index contributed by atoms with van der Waals surface area (Å²) in [6.45, 7) is 11.7. The number of piperazine rings is 1. The summed E-state index contributed by atoms with van der Waals surface area (Å²) in [7, 11) is 0. The molecule has 1 aromatic rings. The third-order valence-electron chi connectivity index (χ3n) is 3.69. The van der Waals surface area contributed by atoms with Crippen LogP contribution in [-0.4, -0.2) is 60.3 Å². The van der Waals surface area contributed by atoms with E-state index >= 15 is 0 Å². The lowest BCUT2D eigenvalue weighted by Crippen LogP contribution is -2.51. The lowest BCUT2D eigenvalue weighted by atomic mass is 10.2. The molecule has 1 aliphatic rings. The minimum absolute atomic E-state index is 0.0965. The van der Waals surface area contributed by atoms with Crippen molar-refractivity contribution >= 4 is 22.0 Å². The van der Waals surface area contributed by atoms with Crippen LogP contribution in [0.5, 0.6) is 5.75 Å². The van der Waals surface area contributed by atoms with Crippen molar-refractivity contribution in [2.45, 2.75) is 39.4 Å². The topological polar surface area (TPSA) is 42.0 Å². The summed E-state index contributed by atoms with van der Waals surface area (Å²) in [6, 6.07) is 7.87. The molecule has 1 heterocycles. The Morgan fingerprint density at radius 2 is 1.75 bits per heavy atom. The molecule has 1 saturated heterocycles. The van der Waals surface area contributed by atoms with E-state index in [9.17, 15) is 4.79 Å². The molecule has 0 aliphatic carbocycles. The molecule has 1 aromatic carbocycles. The Bertz CT molecular complexity index is 534. The fraction of sp³-hybridized carbons (Fsp3) is 0.611. The zero-order valence-electron chi connectivity index (χ0n) is 14.9. The molecule has 0 bridgehead atoms. The predicted octanol–water partition coefficient (Wildman–Crippen LogP) is 3.77. The van der Waals surface area contributed by atoms with E-state index in [-0.39, 0.29) is 12.2 Å². The van der Waals surface area contributed by atoms with Crippen molar-refractivity contribution in [3.05, 3.63) is 28.7 Å². The summed E-state index contributed by atoms with van der Waals surface area (Å²) in [5, 5.41) is 0. The number of benzene rings is 1. The highest BCUT2D eigenvalue weighted by Gasteiger charge is 2.26. The van der Waals surface area contributed by atoms with Crippen molar-refractivity contribution in [2.24, 2.45) is 0 Å². The summed E-state index contributed by atoms with van der Waals surface area (Å²) in [5.41, 5.74) is -0.443. The molecule has 0 N–H and O–H groups in total. The molecule has 0 radical (unpaired) electrons. The van der Waals surface area contributed by atoms with Gasteiger partial charge in [0.25, 0.3) is 0 Å². The first kappa shape index (κ1) is 19.1. The Morgan fingerprint density at radius 1 is 1.17 bits per heavy atom. The number of ether oxygens (including phenoxy) is 2. The van der Waals surface area contributed by atoms with Gasteiger partial charge < -0.3 is 14.4 Å². The largest absolute Gasteiger partial charge is 0.489 e. The summed E-state index contributed by atoms with van der Waals surface area (Å²) in [6.07, 6.45) is -0.124. The smallest absolute Gasteiger partial charge is 0.410 e. The molecular formula is C18H27BrN2O3. The van der Waals surface area contributed by atoms with Gasteiger partial charge in [0.2, 0.25) is 0 Å². The zero-order chi connectivity index (χ0) is 17.7. The average molecular weight is 399 g/mol. The average Bonchev–Trinajstić information content (AvgIpc) is 2.48. The predicted molar refractivity (Wildman–Crippen MR) is 98.5 cm³/mol. The van der Waals surface area contributed by atoms with Gasteiger partial charge in [0, 0.05) is 37.2 Å². The third kappa shape index (κ3) is 6.32. The van der Waals surface area contributed by atoms with E-state index in [1.807, 2.05) is 45.0 Å². The second kappa shape index (κ2) is 8.21. The zero-order valence-corrected chi connectivity index (χ0v) is 16.5. The molecule has 1 aliphatic heterocycles.